The summed E-state index contributed by atoms with van der Waals surface area (Å²) in [5.41, 5.74) is 7.68. The lowest BCUT2D eigenvalue weighted by atomic mass is 9.79. The highest BCUT2D eigenvalue weighted by molar-refractivity contribution is 6.52. The van der Waals surface area contributed by atoms with Crippen molar-refractivity contribution in [1.82, 2.24) is 0 Å². The van der Waals surface area contributed by atoms with Crippen LogP contribution in [0, 0.1) is 0 Å². The van der Waals surface area contributed by atoms with Crippen molar-refractivity contribution in [1.29, 1.82) is 0 Å². The monoisotopic (exact) mass is 463 g/mol. The van der Waals surface area contributed by atoms with E-state index in [9.17, 15) is 5.11 Å². The van der Waals surface area contributed by atoms with E-state index in [0.717, 1.165) is 5.46 Å². The molecule has 3 heteroatoms. The Bertz CT molecular complexity index is 1390. The average molecular weight is 463 g/mol. The number of hydrogen-bond acceptors (Lipinski definition) is 2. The fourth-order valence-electron chi connectivity index (χ4n) is 5.55. The maximum atomic E-state index is 10.6. The van der Waals surface area contributed by atoms with Gasteiger partial charge in [0.1, 0.15) is 0 Å². The van der Waals surface area contributed by atoms with Gasteiger partial charge in [-0.05, 0) is 99.9 Å². The molecule has 4 aromatic rings. The zero-order valence-electron chi connectivity index (χ0n) is 22.3. The summed E-state index contributed by atoms with van der Waals surface area (Å²) >= 11 is 0. The van der Waals surface area contributed by atoms with Crippen LogP contribution in [0.5, 0.6) is 0 Å². The smallest absolute Gasteiger partial charge is 0.331 e. The topological polar surface area (TPSA) is 29.5 Å². The lowest BCUT2D eigenvalue weighted by molar-refractivity contribution is -0.0893. The largest absolute Gasteiger partial charge is 0.427 e. The third-order valence-corrected chi connectivity index (χ3v) is 8.02. The van der Waals surface area contributed by atoms with E-state index in [1.54, 1.807) is 13.8 Å². The molecule has 35 heavy (non-hydrogen) atoms. The first-order valence-corrected chi connectivity index (χ1v) is 12.8. The molecule has 0 unspecified atom stereocenters. The van der Waals surface area contributed by atoms with Gasteiger partial charge in [0.05, 0.1) is 11.2 Å². The molecule has 2 nitrogen and oxygen atoms in total. The number of aliphatic hydroxyl groups is 1. The van der Waals surface area contributed by atoms with Crippen molar-refractivity contribution in [3.8, 4) is 22.3 Å². The van der Waals surface area contributed by atoms with Gasteiger partial charge in [-0.2, -0.15) is 0 Å². The van der Waals surface area contributed by atoms with Gasteiger partial charge in [0.25, 0.3) is 0 Å². The Balaban J connectivity index is 1.79. The van der Waals surface area contributed by atoms with E-state index in [2.05, 4.69) is 82.3 Å². The van der Waals surface area contributed by atoms with Crippen LogP contribution in [0.15, 0.2) is 54.6 Å². The van der Waals surface area contributed by atoms with E-state index in [1.165, 1.54) is 54.9 Å². The van der Waals surface area contributed by atoms with Gasteiger partial charge in [0.2, 0.25) is 0 Å². The molecule has 0 atom stereocenters. The molecule has 1 N–H and O–H groups in total. The first kappa shape index (κ1) is 24.1. The predicted octanol–water partition coefficient (Wildman–Crippen LogP) is 7.70. The van der Waals surface area contributed by atoms with Crippen molar-refractivity contribution in [2.45, 2.75) is 78.4 Å². The third-order valence-electron chi connectivity index (χ3n) is 8.02. The Labute approximate surface area is 210 Å². The summed E-state index contributed by atoms with van der Waals surface area (Å²) in [7, 11) is 1.83. The van der Waals surface area contributed by atoms with Gasteiger partial charge in [-0.15, -0.1) is 0 Å². The standard InChI is InChI=1S/C32H36BO2/c1-18(2)26-20-12-9-10-13-21(20)27(19(3)4)30-24-16-17-25(33-35-32(7,8)31(5,6)34)22-14-11-15-23(28(22)24)29(26)30/h9-19,34H,1-8H3. The molecule has 0 aliphatic heterocycles. The van der Waals surface area contributed by atoms with Crippen LogP contribution in [-0.4, -0.2) is 23.8 Å². The molecule has 0 saturated heterocycles. The fraction of sp³-hybridized carbons (Fsp3) is 0.375. The summed E-state index contributed by atoms with van der Waals surface area (Å²) in [5, 5.41) is 15.8. The van der Waals surface area contributed by atoms with Gasteiger partial charge >= 0.3 is 7.48 Å². The first-order chi connectivity index (χ1) is 16.4. The molecule has 0 spiro atoms. The normalized spacial score (nSPS) is 13.3. The maximum Gasteiger partial charge on any atom is 0.331 e. The zero-order chi connectivity index (χ0) is 25.3. The van der Waals surface area contributed by atoms with Crippen LogP contribution in [-0.2, 0) is 4.65 Å². The van der Waals surface area contributed by atoms with E-state index in [4.69, 9.17) is 4.65 Å². The van der Waals surface area contributed by atoms with Crippen molar-refractivity contribution >= 4 is 34.5 Å². The molecule has 0 saturated carbocycles. The van der Waals surface area contributed by atoms with E-state index >= 15 is 0 Å². The van der Waals surface area contributed by atoms with Crippen molar-refractivity contribution < 1.29 is 9.76 Å². The van der Waals surface area contributed by atoms with Crippen molar-refractivity contribution in [3.05, 3.63) is 65.7 Å². The SMILES string of the molecule is CC(C)c1c2c(c(C(C)C)c3ccccc13)-c1ccc([B]OC(C)(C)C(C)(C)O)c3cccc-2c13. The highest BCUT2D eigenvalue weighted by atomic mass is 16.5. The Morgan fingerprint density at radius 3 is 1.71 bits per heavy atom. The molecule has 0 aromatic heterocycles. The lowest BCUT2D eigenvalue weighted by Crippen LogP contribution is -2.49. The van der Waals surface area contributed by atoms with Gasteiger partial charge in [-0.1, -0.05) is 82.3 Å². The summed E-state index contributed by atoms with van der Waals surface area (Å²) in [5.74, 6) is 0.808. The molecule has 1 aliphatic rings. The van der Waals surface area contributed by atoms with Crippen molar-refractivity contribution in [3.63, 3.8) is 0 Å². The second kappa shape index (κ2) is 8.22. The minimum Gasteiger partial charge on any atom is -0.427 e. The number of benzene rings is 4. The number of fused-ring (bicyclic) bond motifs is 4. The Morgan fingerprint density at radius 2 is 1.20 bits per heavy atom. The maximum absolute atomic E-state index is 10.6. The second-order valence-corrected chi connectivity index (χ2v) is 11.7. The molecule has 1 aliphatic carbocycles. The summed E-state index contributed by atoms with van der Waals surface area (Å²) in [6.07, 6.45) is 0. The predicted molar refractivity (Wildman–Crippen MR) is 151 cm³/mol. The average Bonchev–Trinajstić information content (AvgIpc) is 3.11. The molecule has 4 aromatic carbocycles. The van der Waals surface area contributed by atoms with Crippen molar-refractivity contribution in [2.75, 3.05) is 0 Å². The number of rotatable bonds is 6. The number of hydrogen-bond donors (Lipinski definition) is 1. The minimum atomic E-state index is -0.965. The van der Waals surface area contributed by atoms with Gasteiger partial charge in [0, 0.05) is 0 Å². The van der Waals surface area contributed by atoms with Crippen LogP contribution >= 0.6 is 0 Å². The Hall–Kier alpha value is -2.62. The van der Waals surface area contributed by atoms with Gasteiger partial charge in [0.15, 0.2) is 0 Å². The minimum absolute atomic E-state index is 0.404. The molecule has 0 bridgehead atoms. The Morgan fingerprint density at radius 1 is 0.686 bits per heavy atom. The summed E-state index contributed by atoms with van der Waals surface area (Å²) in [6.45, 7) is 16.7. The summed E-state index contributed by atoms with van der Waals surface area (Å²) < 4.78 is 6.18. The van der Waals surface area contributed by atoms with E-state index in [0.29, 0.717) is 11.8 Å². The van der Waals surface area contributed by atoms with Crippen LogP contribution in [0.25, 0.3) is 43.8 Å². The molecule has 179 valence electrons. The highest BCUT2D eigenvalue weighted by Crippen LogP contribution is 2.55. The van der Waals surface area contributed by atoms with E-state index < -0.39 is 11.2 Å². The molecule has 5 rings (SSSR count). The van der Waals surface area contributed by atoms with Gasteiger partial charge in [-0.25, -0.2) is 0 Å². The molecular formula is C32H36BO2. The van der Waals surface area contributed by atoms with Crippen LogP contribution in [0.2, 0.25) is 0 Å². The van der Waals surface area contributed by atoms with Crippen LogP contribution in [0.4, 0.5) is 0 Å². The molecule has 0 heterocycles. The van der Waals surface area contributed by atoms with Gasteiger partial charge < -0.3 is 9.76 Å². The molecule has 0 fully saturated rings. The van der Waals surface area contributed by atoms with Crippen LogP contribution < -0.4 is 5.46 Å². The van der Waals surface area contributed by atoms with Crippen LogP contribution in [0.3, 0.4) is 0 Å². The quantitative estimate of drug-likeness (QED) is 0.262. The van der Waals surface area contributed by atoms with Crippen LogP contribution in [0.1, 0.15) is 78.4 Å². The first-order valence-electron chi connectivity index (χ1n) is 12.8. The summed E-state index contributed by atoms with van der Waals surface area (Å²) in [6, 6.07) is 20.0. The Kier molecular flexibility index (Phi) is 5.66. The highest BCUT2D eigenvalue weighted by Gasteiger charge is 2.36. The lowest BCUT2D eigenvalue weighted by Gasteiger charge is -2.37. The van der Waals surface area contributed by atoms with E-state index in [1.807, 2.05) is 21.3 Å². The molecule has 0 amide bonds. The molecular weight excluding hydrogens is 427 g/mol. The van der Waals surface area contributed by atoms with Gasteiger partial charge in [-0.3, -0.25) is 0 Å². The van der Waals surface area contributed by atoms with E-state index in [-0.39, 0.29) is 0 Å². The fourth-order valence-corrected chi connectivity index (χ4v) is 5.55. The summed E-state index contributed by atoms with van der Waals surface area (Å²) in [4.78, 5) is 0. The third kappa shape index (κ3) is 3.63. The molecule has 1 radical (unpaired) electrons. The second-order valence-electron chi connectivity index (χ2n) is 11.7. The zero-order valence-corrected chi connectivity index (χ0v) is 22.3. The van der Waals surface area contributed by atoms with Crippen molar-refractivity contribution in [2.24, 2.45) is 0 Å².